The number of rotatable bonds is 5. The van der Waals surface area contributed by atoms with Crippen molar-refractivity contribution in [2.75, 3.05) is 13.6 Å². The molecule has 0 spiro atoms. The predicted molar refractivity (Wildman–Crippen MR) is 68.3 cm³/mol. The Kier molecular flexibility index (Phi) is 4.96. The number of benzene rings is 1. The minimum atomic E-state index is -2.43. The van der Waals surface area contributed by atoms with Crippen molar-refractivity contribution in [1.82, 2.24) is 4.90 Å². The summed E-state index contributed by atoms with van der Waals surface area (Å²) >= 11 is 0. The third-order valence-corrected chi connectivity index (χ3v) is 3.13. The summed E-state index contributed by atoms with van der Waals surface area (Å²) in [6.07, 6.45) is -2.43. The van der Waals surface area contributed by atoms with Gasteiger partial charge in [-0.1, -0.05) is 17.7 Å². The van der Waals surface area contributed by atoms with Gasteiger partial charge >= 0.3 is 0 Å². The topological polar surface area (TPSA) is 20.3 Å². The van der Waals surface area contributed by atoms with E-state index in [0.717, 1.165) is 11.1 Å². The van der Waals surface area contributed by atoms with Gasteiger partial charge in [-0.2, -0.15) is 0 Å². The highest BCUT2D eigenvalue weighted by Crippen LogP contribution is 2.15. The summed E-state index contributed by atoms with van der Waals surface area (Å²) in [5, 5.41) is 0. The van der Waals surface area contributed by atoms with Crippen LogP contribution in [0, 0.1) is 13.8 Å². The average Bonchev–Trinajstić information content (AvgIpc) is 2.29. The van der Waals surface area contributed by atoms with Crippen molar-refractivity contribution in [1.29, 1.82) is 0 Å². The minimum absolute atomic E-state index is 0.112. The van der Waals surface area contributed by atoms with E-state index in [1.807, 2.05) is 32.0 Å². The Morgan fingerprint density at radius 1 is 1.33 bits per heavy atom. The van der Waals surface area contributed by atoms with Crippen LogP contribution in [0.5, 0.6) is 0 Å². The molecule has 1 rings (SSSR count). The lowest BCUT2D eigenvalue weighted by molar-refractivity contribution is 0.0679. The van der Waals surface area contributed by atoms with Gasteiger partial charge in [0.2, 0.25) is 0 Å². The fourth-order valence-corrected chi connectivity index (χ4v) is 1.80. The number of hydrogen-bond acceptors (Lipinski definition) is 2. The molecule has 0 bridgehead atoms. The first-order chi connectivity index (χ1) is 8.32. The second-order valence-corrected chi connectivity index (χ2v) is 4.69. The maximum atomic E-state index is 12.3. The predicted octanol–water partition coefficient (Wildman–Crippen LogP) is 3.07. The molecule has 18 heavy (non-hydrogen) atoms. The molecule has 0 amide bonds. The molecule has 0 saturated heterocycles. The molecule has 2 nitrogen and oxygen atoms in total. The summed E-state index contributed by atoms with van der Waals surface area (Å²) in [7, 11) is 1.54. The Morgan fingerprint density at radius 3 is 2.50 bits per heavy atom. The fourth-order valence-electron chi connectivity index (χ4n) is 1.80. The first-order valence-electron chi connectivity index (χ1n) is 5.92. The average molecular weight is 255 g/mol. The smallest absolute Gasteiger partial charge is 0.251 e. The van der Waals surface area contributed by atoms with Gasteiger partial charge in [-0.05, 0) is 39.4 Å². The molecule has 1 unspecified atom stereocenters. The number of hydrogen-bond donors (Lipinski definition) is 0. The van der Waals surface area contributed by atoms with E-state index in [9.17, 15) is 13.6 Å². The van der Waals surface area contributed by atoms with Crippen LogP contribution in [0.2, 0.25) is 0 Å². The number of carbonyl (C=O) groups excluding carboxylic acids is 1. The third kappa shape index (κ3) is 3.60. The van der Waals surface area contributed by atoms with Crippen LogP contribution in [0.15, 0.2) is 18.2 Å². The lowest BCUT2D eigenvalue weighted by atomic mass is 9.98. The molecule has 0 aliphatic carbocycles. The second-order valence-electron chi connectivity index (χ2n) is 4.69. The van der Waals surface area contributed by atoms with E-state index in [1.54, 1.807) is 14.0 Å². The molecule has 0 fully saturated rings. The van der Waals surface area contributed by atoms with Gasteiger partial charge in [-0.25, -0.2) is 8.78 Å². The SMILES string of the molecule is Cc1ccc(C)c(C(=O)C(C)N(C)CC(F)F)c1. The summed E-state index contributed by atoms with van der Waals surface area (Å²) in [6.45, 7) is 5.03. The molecule has 0 aliphatic rings. The van der Waals surface area contributed by atoms with Crippen molar-refractivity contribution in [2.24, 2.45) is 0 Å². The van der Waals surface area contributed by atoms with Crippen LogP contribution >= 0.6 is 0 Å². The highest BCUT2D eigenvalue weighted by atomic mass is 19.3. The zero-order valence-corrected chi connectivity index (χ0v) is 11.2. The Labute approximate surface area is 107 Å². The summed E-state index contributed by atoms with van der Waals surface area (Å²) in [5.74, 6) is -0.112. The maximum Gasteiger partial charge on any atom is 0.251 e. The molecule has 0 aliphatic heterocycles. The Balaban J connectivity index is 2.89. The summed E-state index contributed by atoms with van der Waals surface area (Å²) < 4.78 is 24.6. The number of likely N-dealkylation sites (N-methyl/N-ethyl adjacent to an activating group) is 1. The van der Waals surface area contributed by atoms with Crippen LogP contribution in [0.1, 0.15) is 28.4 Å². The number of ketones is 1. The van der Waals surface area contributed by atoms with E-state index >= 15 is 0 Å². The number of Topliss-reactive ketones (excluding diaryl/α,β-unsaturated/α-hetero) is 1. The number of nitrogens with zero attached hydrogens (tertiary/aromatic N) is 1. The molecular formula is C14H19F2NO. The van der Waals surface area contributed by atoms with Crippen molar-refractivity contribution in [3.63, 3.8) is 0 Å². The van der Waals surface area contributed by atoms with E-state index in [1.165, 1.54) is 4.90 Å². The first-order valence-corrected chi connectivity index (χ1v) is 5.92. The first kappa shape index (κ1) is 14.8. The summed E-state index contributed by atoms with van der Waals surface area (Å²) in [6, 6.07) is 5.08. The van der Waals surface area contributed by atoms with Gasteiger partial charge in [0, 0.05) is 5.56 Å². The Morgan fingerprint density at radius 2 is 1.94 bits per heavy atom. The third-order valence-electron chi connectivity index (χ3n) is 3.13. The van der Waals surface area contributed by atoms with Gasteiger partial charge in [-0.3, -0.25) is 9.69 Å². The van der Waals surface area contributed by atoms with E-state index in [0.29, 0.717) is 5.56 Å². The van der Waals surface area contributed by atoms with E-state index in [4.69, 9.17) is 0 Å². The molecule has 1 aromatic carbocycles. The number of alkyl halides is 2. The second kappa shape index (κ2) is 6.05. The fraction of sp³-hybridized carbons (Fsp3) is 0.500. The normalized spacial score (nSPS) is 13.1. The summed E-state index contributed by atoms with van der Waals surface area (Å²) in [5.41, 5.74) is 2.49. The van der Waals surface area contributed by atoms with E-state index in [-0.39, 0.29) is 5.78 Å². The number of carbonyl (C=O) groups is 1. The van der Waals surface area contributed by atoms with Crippen molar-refractivity contribution in [3.05, 3.63) is 34.9 Å². The van der Waals surface area contributed by atoms with Crippen LogP contribution in [0.4, 0.5) is 8.78 Å². The number of halogens is 2. The number of aryl methyl sites for hydroxylation is 2. The molecular weight excluding hydrogens is 236 g/mol. The van der Waals surface area contributed by atoms with E-state index < -0.39 is 19.0 Å². The highest BCUT2D eigenvalue weighted by Gasteiger charge is 2.23. The minimum Gasteiger partial charge on any atom is -0.292 e. The molecule has 0 aromatic heterocycles. The van der Waals surface area contributed by atoms with Crippen molar-refractivity contribution in [2.45, 2.75) is 33.2 Å². The van der Waals surface area contributed by atoms with Gasteiger partial charge in [0.25, 0.3) is 6.43 Å². The molecule has 0 saturated carbocycles. The van der Waals surface area contributed by atoms with Gasteiger partial charge < -0.3 is 0 Å². The zero-order chi connectivity index (χ0) is 13.9. The van der Waals surface area contributed by atoms with Crippen LogP contribution in [-0.2, 0) is 0 Å². The molecule has 1 aromatic rings. The summed E-state index contributed by atoms with van der Waals surface area (Å²) in [4.78, 5) is 13.6. The lowest BCUT2D eigenvalue weighted by Crippen LogP contribution is -2.39. The van der Waals surface area contributed by atoms with Crippen LogP contribution < -0.4 is 0 Å². The highest BCUT2D eigenvalue weighted by molar-refractivity contribution is 6.01. The van der Waals surface area contributed by atoms with Crippen molar-refractivity contribution >= 4 is 5.78 Å². The Hall–Kier alpha value is -1.29. The largest absolute Gasteiger partial charge is 0.292 e. The van der Waals surface area contributed by atoms with Gasteiger partial charge in [0.05, 0.1) is 12.6 Å². The molecule has 0 N–H and O–H groups in total. The standard InChI is InChI=1S/C14H19F2NO/c1-9-5-6-10(2)12(7-9)14(18)11(3)17(4)8-13(15)16/h5-7,11,13H,8H2,1-4H3. The van der Waals surface area contributed by atoms with Gasteiger partial charge in [0.15, 0.2) is 5.78 Å². The molecule has 4 heteroatoms. The molecule has 1 atom stereocenters. The van der Waals surface area contributed by atoms with Crippen molar-refractivity contribution in [3.8, 4) is 0 Å². The Bertz CT molecular complexity index is 432. The lowest BCUT2D eigenvalue weighted by Gasteiger charge is -2.23. The zero-order valence-electron chi connectivity index (χ0n) is 11.2. The van der Waals surface area contributed by atoms with Crippen LogP contribution in [0.25, 0.3) is 0 Å². The maximum absolute atomic E-state index is 12.3. The molecule has 0 heterocycles. The van der Waals surface area contributed by atoms with Crippen LogP contribution in [-0.4, -0.2) is 36.7 Å². The molecule has 0 radical (unpaired) electrons. The monoisotopic (exact) mass is 255 g/mol. The van der Waals surface area contributed by atoms with Crippen molar-refractivity contribution < 1.29 is 13.6 Å². The van der Waals surface area contributed by atoms with Gasteiger partial charge in [0.1, 0.15) is 0 Å². The van der Waals surface area contributed by atoms with Gasteiger partial charge in [-0.15, -0.1) is 0 Å². The molecule has 100 valence electrons. The van der Waals surface area contributed by atoms with Crippen LogP contribution in [0.3, 0.4) is 0 Å². The quantitative estimate of drug-likeness (QED) is 0.754. The van der Waals surface area contributed by atoms with E-state index in [2.05, 4.69) is 0 Å².